The van der Waals surface area contributed by atoms with Crippen LogP contribution in [-0.4, -0.2) is 38.8 Å². The fourth-order valence-electron chi connectivity index (χ4n) is 1.71. The highest BCUT2D eigenvalue weighted by Crippen LogP contribution is 2.17. The largest absolute Gasteiger partial charge is 0.381 e. The Morgan fingerprint density at radius 3 is 2.70 bits per heavy atom. The maximum absolute atomic E-state index is 13.7. The van der Waals surface area contributed by atoms with Crippen molar-refractivity contribution in [2.75, 3.05) is 18.4 Å². The van der Waals surface area contributed by atoms with Crippen molar-refractivity contribution < 1.29 is 4.39 Å². The van der Waals surface area contributed by atoms with Crippen LogP contribution in [0.4, 0.5) is 10.1 Å². The molecule has 1 aromatic carbocycles. The molecule has 0 aliphatic carbocycles. The first-order chi connectivity index (χ1) is 9.46. The number of rotatable bonds is 5. The summed E-state index contributed by atoms with van der Waals surface area (Å²) >= 11 is 0. The molecule has 0 unspecified atom stereocenters. The summed E-state index contributed by atoms with van der Waals surface area (Å²) in [5.41, 5.74) is 1.20. The van der Waals surface area contributed by atoms with Crippen LogP contribution in [0.1, 0.15) is 20.8 Å². The molecule has 1 heterocycles. The molecule has 0 spiro atoms. The lowest BCUT2D eigenvalue weighted by Crippen LogP contribution is -2.38. The summed E-state index contributed by atoms with van der Waals surface area (Å²) in [7, 11) is 0. The molecule has 2 N–H and O–H groups in total. The summed E-state index contributed by atoms with van der Waals surface area (Å²) in [4.78, 5) is 0. The SMILES string of the molecule is CC(C)(C)NCCNc1cc(-n2cnnn2)ccc1F. The Kier molecular flexibility index (Phi) is 4.29. The first-order valence-electron chi connectivity index (χ1n) is 6.47. The summed E-state index contributed by atoms with van der Waals surface area (Å²) in [5.74, 6) is -0.294. The predicted octanol–water partition coefficient (Wildman–Crippen LogP) is 1.60. The molecule has 0 radical (unpaired) electrons. The highest BCUT2D eigenvalue weighted by atomic mass is 19.1. The number of halogens is 1. The molecule has 0 saturated carbocycles. The van der Waals surface area contributed by atoms with E-state index in [0.717, 1.165) is 6.54 Å². The van der Waals surface area contributed by atoms with Gasteiger partial charge in [0, 0.05) is 18.6 Å². The van der Waals surface area contributed by atoms with Gasteiger partial charge in [-0.2, -0.15) is 0 Å². The fourth-order valence-corrected chi connectivity index (χ4v) is 1.71. The van der Waals surface area contributed by atoms with Crippen LogP contribution in [0.3, 0.4) is 0 Å². The van der Waals surface area contributed by atoms with E-state index < -0.39 is 0 Å². The molecule has 20 heavy (non-hydrogen) atoms. The maximum Gasteiger partial charge on any atom is 0.146 e. The van der Waals surface area contributed by atoms with E-state index in [2.05, 4.69) is 46.9 Å². The van der Waals surface area contributed by atoms with E-state index in [9.17, 15) is 4.39 Å². The normalized spacial score (nSPS) is 11.6. The summed E-state index contributed by atoms with van der Waals surface area (Å²) in [5, 5.41) is 17.3. The number of tetrazole rings is 1. The van der Waals surface area contributed by atoms with E-state index in [4.69, 9.17) is 0 Å². The average Bonchev–Trinajstić information content (AvgIpc) is 2.89. The smallest absolute Gasteiger partial charge is 0.146 e. The zero-order chi connectivity index (χ0) is 14.6. The van der Waals surface area contributed by atoms with Gasteiger partial charge in [0.25, 0.3) is 0 Å². The first-order valence-corrected chi connectivity index (χ1v) is 6.47. The van der Waals surface area contributed by atoms with Crippen LogP contribution in [0.5, 0.6) is 0 Å². The minimum Gasteiger partial charge on any atom is -0.381 e. The van der Waals surface area contributed by atoms with E-state index in [0.29, 0.717) is 17.9 Å². The van der Waals surface area contributed by atoms with Crippen LogP contribution in [0.2, 0.25) is 0 Å². The first kappa shape index (κ1) is 14.4. The summed E-state index contributed by atoms with van der Waals surface area (Å²) in [6, 6.07) is 4.71. The molecular formula is C13H19FN6. The molecule has 108 valence electrons. The molecule has 2 rings (SSSR count). The third-order valence-corrected chi connectivity index (χ3v) is 2.66. The summed E-state index contributed by atoms with van der Waals surface area (Å²) < 4.78 is 15.2. The number of anilines is 1. The molecule has 0 saturated heterocycles. The Hall–Kier alpha value is -2.02. The van der Waals surface area contributed by atoms with Crippen molar-refractivity contribution in [3.63, 3.8) is 0 Å². The van der Waals surface area contributed by atoms with Gasteiger partial charge in [-0.15, -0.1) is 5.10 Å². The molecule has 0 fully saturated rings. The minimum absolute atomic E-state index is 0.0501. The van der Waals surface area contributed by atoms with Gasteiger partial charge in [0.05, 0.1) is 11.4 Å². The van der Waals surface area contributed by atoms with E-state index >= 15 is 0 Å². The monoisotopic (exact) mass is 278 g/mol. The number of hydrogen-bond donors (Lipinski definition) is 2. The van der Waals surface area contributed by atoms with E-state index in [1.165, 1.54) is 17.1 Å². The second-order valence-electron chi connectivity index (χ2n) is 5.52. The van der Waals surface area contributed by atoms with Crippen molar-refractivity contribution >= 4 is 5.69 Å². The van der Waals surface area contributed by atoms with Gasteiger partial charge in [-0.3, -0.25) is 0 Å². The molecule has 0 amide bonds. The Labute approximate surface area is 117 Å². The highest BCUT2D eigenvalue weighted by Gasteiger charge is 2.08. The van der Waals surface area contributed by atoms with Crippen molar-refractivity contribution in [3.8, 4) is 5.69 Å². The quantitative estimate of drug-likeness (QED) is 0.813. The Balaban J connectivity index is 1.99. The Bertz CT molecular complexity index is 546. The van der Waals surface area contributed by atoms with Gasteiger partial charge in [-0.25, -0.2) is 9.07 Å². The third kappa shape index (κ3) is 3.99. The molecule has 0 aliphatic heterocycles. The second kappa shape index (κ2) is 5.96. The van der Waals surface area contributed by atoms with Gasteiger partial charge in [-0.1, -0.05) is 0 Å². The predicted molar refractivity (Wildman–Crippen MR) is 75.4 cm³/mol. The zero-order valence-corrected chi connectivity index (χ0v) is 11.9. The highest BCUT2D eigenvalue weighted by molar-refractivity contribution is 5.51. The number of aromatic nitrogens is 4. The number of hydrogen-bond acceptors (Lipinski definition) is 5. The molecule has 7 heteroatoms. The zero-order valence-electron chi connectivity index (χ0n) is 11.9. The van der Waals surface area contributed by atoms with Crippen molar-refractivity contribution in [3.05, 3.63) is 30.3 Å². The average molecular weight is 278 g/mol. The fraction of sp³-hybridized carbons (Fsp3) is 0.462. The van der Waals surface area contributed by atoms with Gasteiger partial charge in [0.15, 0.2) is 0 Å². The van der Waals surface area contributed by atoms with Crippen molar-refractivity contribution in [2.45, 2.75) is 26.3 Å². The van der Waals surface area contributed by atoms with Crippen LogP contribution in [0.15, 0.2) is 24.5 Å². The van der Waals surface area contributed by atoms with E-state index in [-0.39, 0.29) is 11.4 Å². The number of nitrogens with one attached hydrogen (secondary N) is 2. The Morgan fingerprint density at radius 2 is 2.05 bits per heavy atom. The third-order valence-electron chi connectivity index (χ3n) is 2.66. The molecular weight excluding hydrogens is 259 g/mol. The van der Waals surface area contributed by atoms with Gasteiger partial charge < -0.3 is 10.6 Å². The van der Waals surface area contributed by atoms with E-state index in [1.807, 2.05) is 0 Å². The van der Waals surface area contributed by atoms with Gasteiger partial charge in [0.1, 0.15) is 12.1 Å². The van der Waals surface area contributed by atoms with Gasteiger partial charge in [0.2, 0.25) is 0 Å². The minimum atomic E-state index is -0.294. The van der Waals surface area contributed by atoms with Gasteiger partial charge in [-0.05, 0) is 49.4 Å². The molecule has 0 bridgehead atoms. The molecule has 0 aliphatic rings. The van der Waals surface area contributed by atoms with Crippen molar-refractivity contribution in [1.82, 2.24) is 25.5 Å². The molecule has 1 aromatic heterocycles. The van der Waals surface area contributed by atoms with Crippen LogP contribution in [-0.2, 0) is 0 Å². The summed E-state index contributed by atoms with van der Waals surface area (Å²) in [6.07, 6.45) is 1.47. The maximum atomic E-state index is 13.7. The molecule has 6 nitrogen and oxygen atoms in total. The lowest BCUT2D eigenvalue weighted by Gasteiger charge is -2.20. The van der Waals surface area contributed by atoms with E-state index in [1.54, 1.807) is 12.1 Å². The number of nitrogens with zero attached hydrogens (tertiary/aromatic N) is 4. The number of benzene rings is 1. The summed E-state index contributed by atoms with van der Waals surface area (Å²) in [6.45, 7) is 7.65. The molecule has 0 atom stereocenters. The van der Waals surface area contributed by atoms with Crippen LogP contribution in [0.25, 0.3) is 5.69 Å². The van der Waals surface area contributed by atoms with Crippen LogP contribution >= 0.6 is 0 Å². The molecule has 2 aromatic rings. The van der Waals surface area contributed by atoms with Crippen molar-refractivity contribution in [2.24, 2.45) is 0 Å². The lowest BCUT2D eigenvalue weighted by molar-refractivity contribution is 0.435. The second-order valence-corrected chi connectivity index (χ2v) is 5.52. The van der Waals surface area contributed by atoms with Crippen molar-refractivity contribution in [1.29, 1.82) is 0 Å². The van der Waals surface area contributed by atoms with Gasteiger partial charge >= 0.3 is 0 Å². The van der Waals surface area contributed by atoms with Crippen LogP contribution < -0.4 is 10.6 Å². The lowest BCUT2D eigenvalue weighted by atomic mass is 10.1. The standard InChI is InChI=1S/C13H19FN6/c1-13(2,3)16-7-6-15-12-8-10(4-5-11(12)14)20-9-17-18-19-20/h4-5,8-9,15-16H,6-7H2,1-3H3. The topological polar surface area (TPSA) is 67.7 Å². The Morgan fingerprint density at radius 1 is 1.25 bits per heavy atom. The van der Waals surface area contributed by atoms with Crippen LogP contribution in [0, 0.1) is 5.82 Å².